The zero-order valence-corrected chi connectivity index (χ0v) is 10.9. The summed E-state index contributed by atoms with van der Waals surface area (Å²) < 4.78 is 1.02. The molecule has 2 heterocycles. The number of nitrogens with zero attached hydrogens (tertiary/aromatic N) is 3. The van der Waals surface area contributed by atoms with Gasteiger partial charge in [0.2, 0.25) is 0 Å². The van der Waals surface area contributed by atoms with Crippen molar-refractivity contribution in [2.75, 3.05) is 0 Å². The molecular weight excluding hydrogens is 292 g/mol. The summed E-state index contributed by atoms with van der Waals surface area (Å²) in [7, 11) is 0. The van der Waals surface area contributed by atoms with Crippen LogP contribution in [0.2, 0.25) is 0 Å². The van der Waals surface area contributed by atoms with Crippen LogP contribution in [0.25, 0.3) is 0 Å². The van der Waals surface area contributed by atoms with Gasteiger partial charge in [-0.2, -0.15) is 0 Å². The van der Waals surface area contributed by atoms with Crippen molar-refractivity contribution < 1.29 is 0 Å². The molecule has 3 rings (SSSR count). The molecule has 1 aromatic heterocycles. The Balaban J connectivity index is 2.07. The Morgan fingerprint density at radius 3 is 2.67 bits per heavy atom. The lowest BCUT2D eigenvalue weighted by molar-refractivity contribution is 1.28. The van der Waals surface area contributed by atoms with Gasteiger partial charge < -0.3 is 5.73 Å². The Hall–Kier alpha value is -2.01. The van der Waals surface area contributed by atoms with Crippen molar-refractivity contribution in [3.8, 4) is 0 Å². The van der Waals surface area contributed by atoms with E-state index in [0.717, 1.165) is 15.7 Å². The van der Waals surface area contributed by atoms with E-state index >= 15 is 0 Å². The van der Waals surface area contributed by atoms with Crippen molar-refractivity contribution >= 4 is 33.3 Å². The van der Waals surface area contributed by atoms with Gasteiger partial charge in [-0.3, -0.25) is 4.98 Å². The molecule has 4 nitrogen and oxygen atoms in total. The van der Waals surface area contributed by atoms with Crippen LogP contribution in [0.3, 0.4) is 0 Å². The zero-order valence-electron chi connectivity index (χ0n) is 9.34. The molecule has 2 aromatic rings. The SMILES string of the molecule is NC1=NC(=Nc2ccc(Br)cc2)c2cccnc21. The molecular formula is C13H9BrN4. The second kappa shape index (κ2) is 4.34. The lowest BCUT2D eigenvalue weighted by atomic mass is 10.2. The molecule has 0 unspecified atom stereocenters. The molecule has 0 atom stereocenters. The Morgan fingerprint density at radius 1 is 1.11 bits per heavy atom. The van der Waals surface area contributed by atoms with Gasteiger partial charge in [-0.1, -0.05) is 15.9 Å². The highest BCUT2D eigenvalue weighted by molar-refractivity contribution is 9.10. The molecule has 1 aromatic carbocycles. The number of hydrogen-bond acceptors (Lipinski definition) is 3. The summed E-state index contributed by atoms with van der Waals surface area (Å²) >= 11 is 3.39. The van der Waals surface area contributed by atoms with Gasteiger partial charge in [0.15, 0.2) is 11.7 Å². The Morgan fingerprint density at radius 2 is 1.89 bits per heavy atom. The molecule has 0 aliphatic carbocycles. The van der Waals surface area contributed by atoms with Crippen molar-refractivity contribution in [3.63, 3.8) is 0 Å². The first-order valence-electron chi connectivity index (χ1n) is 5.38. The predicted molar refractivity (Wildman–Crippen MR) is 75.3 cm³/mol. The van der Waals surface area contributed by atoms with E-state index < -0.39 is 0 Å². The maximum absolute atomic E-state index is 5.81. The first kappa shape index (κ1) is 11.1. The van der Waals surface area contributed by atoms with Gasteiger partial charge in [-0.05, 0) is 36.4 Å². The van der Waals surface area contributed by atoms with Crippen molar-refractivity contribution in [2.45, 2.75) is 0 Å². The van der Waals surface area contributed by atoms with E-state index in [9.17, 15) is 0 Å². The van der Waals surface area contributed by atoms with E-state index in [1.807, 2.05) is 36.4 Å². The molecule has 1 aliphatic heterocycles. The van der Waals surface area contributed by atoms with Gasteiger partial charge in [-0.15, -0.1) is 0 Å². The summed E-state index contributed by atoms with van der Waals surface area (Å²) in [5.41, 5.74) is 8.22. The van der Waals surface area contributed by atoms with E-state index in [1.54, 1.807) is 6.20 Å². The van der Waals surface area contributed by atoms with Crippen LogP contribution >= 0.6 is 15.9 Å². The fourth-order valence-corrected chi connectivity index (χ4v) is 2.00. The largest absolute Gasteiger partial charge is 0.382 e. The summed E-state index contributed by atoms with van der Waals surface area (Å²) in [6, 6.07) is 11.5. The molecule has 88 valence electrons. The highest BCUT2D eigenvalue weighted by Crippen LogP contribution is 2.21. The minimum absolute atomic E-state index is 0.418. The van der Waals surface area contributed by atoms with E-state index in [2.05, 4.69) is 30.9 Å². The molecule has 0 bridgehead atoms. The third-order valence-electron chi connectivity index (χ3n) is 2.58. The van der Waals surface area contributed by atoms with Crippen LogP contribution in [0.4, 0.5) is 5.69 Å². The molecule has 0 radical (unpaired) electrons. The minimum atomic E-state index is 0.418. The van der Waals surface area contributed by atoms with Gasteiger partial charge in [0.05, 0.1) is 5.69 Å². The molecule has 0 saturated carbocycles. The van der Waals surface area contributed by atoms with E-state index in [0.29, 0.717) is 17.4 Å². The number of aliphatic imine (C=N–C) groups is 2. The lowest BCUT2D eigenvalue weighted by Crippen LogP contribution is -2.11. The molecule has 0 spiro atoms. The first-order chi connectivity index (χ1) is 8.74. The maximum atomic E-state index is 5.81. The number of rotatable bonds is 1. The minimum Gasteiger partial charge on any atom is -0.382 e. The summed E-state index contributed by atoms with van der Waals surface area (Å²) in [4.78, 5) is 12.9. The van der Waals surface area contributed by atoms with Crippen LogP contribution < -0.4 is 5.73 Å². The first-order valence-corrected chi connectivity index (χ1v) is 6.17. The number of pyridine rings is 1. The number of aromatic nitrogens is 1. The Labute approximate surface area is 112 Å². The maximum Gasteiger partial charge on any atom is 0.164 e. The van der Waals surface area contributed by atoms with Gasteiger partial charge in [-0.25, -0.2) is 9.98 Å². The van der Waals surface area contributed by atoms with E-state index in [-0.39, 0.29) is 0 Å². The third-order valence-corrected chi connectivity index (χ3v) is 3.11. The van der Waals surface area contributed by atoms with Gasteiger partial charge in [0, 0.05) is 16.2 Å². The highest BCUT2D eigenvalue weighted by Gasteiger charge is 2.20. The van der Waals surface area contributed by atoms with Crippen LogP contribution in [0.5, 0.6) is 0 Å². The lowest BCUT2D eigenvalue weighted by Gasteiger charge is -1.98. The normalized spacial score (nSPS) is 15.6. The number of amidine groups is 2. The Kier molecular flexibility index (Phi) is 2.68. The smallest absolute Gasteiger partial charge is 0.164 e. The molecule has 0 amide bonds. The van der Waals surface area contributed by atoms with Crippen LogP contribution in [-0.2, 0) is 0 Å². The summed E-state index contributed by atoms with van der Waals surface area (Å²) in [5.74, 6) is 1.03. The average molecular weight is 301 g/mol. The molecule has 1 aliphatic rings. The van der Waals surface area contributed by atoms with Gasteiger partial charge in [0.25, 0.3) is 0 Å². The number of fused-ring (bicyclic) bond motifs is 1. The second-order valence-electron chi connectivity index (χ2n) is 3.81. The zero-order chi connectivity index (χ0) is 12.5. The Bertz CT molecular complexity index is 659. The van der Waals surface area contributed by atoms with Crippen LogP contribution in [0, 0.1) is 0 Å². The van der Waals surface area contributed by atoms with Crippen molar-refractivity contribution in [1.29, 1.82) is 0 Å². The summed E-state index contributed by atoms with van der Waals surface area (Å²) in [6.45, 7) is 0. The van der Waals surface area contributed by atoms with E-state index in [1.165, 1.54) is 0 Å². The average Bonchev–Trinajstić information content (AvgIpc) is 2.70. The standard InChI is InChI=1S/C13H9BrN4/c14-8-3-5-9(6-4-8)17-13-10-2-1-7-16-11(10)12(15)18-13/h1-7H,(H2,15,17,18). The highest BCUT2D eigenvalue weighted by atomic mass is 79.9. The van der Waals surface area contributed by atoms with Gasteiger partial charge in [0.1, 0.15) is 5.69 Å². The van der Waals surface area contributed by atoms with Crippen molar-refractivity contribution in [2.24, 2.45) is 15.7 Å². The van der Waals surface area contributed by atoms with Crippen LogP contribution in [0.15, 0.2) is 57.1 Å². The fourth-order valence-electron chi connectivity index (χ4n) is 1.74. The summed E-state index contributed by atoms with van der Waals surface area (Å²) in [6.07, 6.45) is 1.70. The third kappa shape index (κ3) is 1.93. The molecule has 0 fully saturated rings. The topological polar surface area (TPSA) is 63.6 Å². The number of nitrogens with two attached hydrogens (primary N) is 1. The number of hydrogen-bond donors (Lipinski definition) is 1. The van der Waals surface area contributed by atoms with Crippen LogP contribution in [-0.4, -0.2) is 16.7 Å². The predicted octanol–water partition coefficient (Wildman–Crippen LogP) is 2.64. The molecule has 2 N–H and O–H groups in total. The second-order valence-corrected chi connectivity index (χ2v) is 4.72. The number of benzene rings is 1. The quantitative estimate of drug-likeness (QED) is 0.880. The van der Waals surface area contributed by atoms with E-state index in [4.69, 9.17) is 5.73 Å². The van der Waals surface area contributed by atoms with Crippen LogP contribution in [0.1, 0.15) is 11.3 Å². The molecule has 5 heteroatoms. The van der Waals surface area contributed by atoms with Gasteiger partial charge >= 0.3 is 0 Å². The number of halogens is 1. The molecule has 0 saturated heterocycles. The molecule has 18 heavy (non-hydrogen) atoms. The fraction of sp³-hybridized carbons (Fsp3) is 0. The van der Waals surface area contributed by atoms with Crippen molar-refractivity contribution in [1.82, 2.24) is 4.98 Å². The van der Waals surface area contributed by atoms with Crippen molar-refractivity contribution in [3.05, 3.63) is 58.3 Å². The monoisotopic (exact) mass is 300 g/mol. The summed E-state index contributed by atoms with van der Waals surface area (Å²) in [5, 5.41) is 0.